The lowest BCUT2D eigenvalue weighted by Crippen LogP contribution is -2.45. The molecule has 2 unspecified atom stereocenters. The van der Waals surface area contributed by atoms with Gasteiger partial charge in [-0.25, -0.2) is 4.79 Å². The second kappa shape index (κ2) is 9.37. The van der Waals surface area contributed by atoms with Gasteiger partial charge in [0.05, 0.1) is 18.7 Å². The third kappa shape index (κ3) is 5.73. The maximum atomic E-state index is 11.8. The molecule has 0 heterocycles. The Kier molecular flexibility index (Phi) is 7.79. The molecule has 0 aliphatic carbocycles. The number of carbonyl (C=O) groups is 1. The summed E-state index contributed by atoms with van der Waals surface area (Å²) >= 11 is 0. The van der Waals surface area contributed by atoms with E-state index >= 15 is 0 Å². The van der Waals surface area contributed by atoms with Crippen molar-refractivity contribution in [1.82, 2.24) is 15.5 Å². The van der Waals surface area contributed by atoms with Crippen molar-refractivity contribution in [1.29, 1.82) is 0 Å². The SMILES string of the molecule is CCN(CC)C(CNC(=O)NC(C)CO)c1ccccc1. The summed E-state index contributed by atoms with van der Waals surface area (Å²) in [5.74, 6) is 0. The largest absolute Gasteiger partial charge is 0.394 e. The Hall–Kier alpha value is -1.59. The summed E-state index contributed by atoms with van der Waals surface area (Å²) in [6.45, 7) is 8.32. The van der Waals surface area contributed by atoms with Gasteiger partial charge in [0.15, 0.2) is 0 Å². The van der Waals surface area contributed by atoms with Crippen molar-refractivity contribution in [2.75, 3.05) is 26.2 Å². The first kappa shape index (κ1) is 17.5. The molecule has 0 bridgehead atoms. The van der Waals surface area contributed by atoms with Crippen LogP contribution >= 0.6 is 0 Å². The van der Waals surface area contributed by atoms with Gasteiger partial charge in [-0.05, 0) is 25.6 Å². The van der Waals surface area contributed by atoms with Crippen LogP contribution < -0.4 is 10.6 Å². The van der Waals surface area contributed by atoms with Crippen LogP contribution in [0.15, 0.2) is 30.3 Å². The second-order valence-corrected chi connectivity index (χ2v) is 5.09. The highest BCUT2D eigenvalue weighted by molar-refractivity contribution is 5.74. The molecule has 2 atom stereocenters. The number of urea groups is 1. The first-order chi connectivity index (χ1) is 10.1. The van der Waals surface area contributed by atoms with Gasteiger partial charge in [0.2, 0.25) is 0 Å². The van der Waals surface area contributed by atoms with Crippen molar-refractivity contribution in [2.24, 2.45) is 0 Å². The summed E-state index contributed by atoms with van der Waals surface area (Å²) in [6.07, 6.45) is 0. The standard InChI is InChI=1S/C16H27N3O2/c1-4-19(5-2)15(14-9-7-6-8-10-14)11-17-16(21)18-13(3)12-20/h6-10,13,15,20H,4-5,11-12H2,1-3H3,(H2,17,18,21). The molecule has 1 aromatic rings. The van der Waals surface area contributed by atoms with Gasteiger partial charge in [0.25, 0.3) is 0 Å². The minimum atomic E-state index is -0.246. The zero-order chi connectivity index (χ0) is 15.7. The smallest absolute Gasteiger partial charge is 0.315 e. The summed E-state index contributed by atoms with van der Waals surface area (Å²) in [6, 6.07) is 9.85. The van der Waals surface area contributed by atoms with E-state index in [2.05, 4.69) is 41.5 Å². The maximum absolute atomic E-state index is 11.8. The molecule has 1 rings (SSSR count). The van der Waals surface area contributed by atoms with E-state index in [9.17, 15) is 4.79 Å². The number of amides is 2. The number of aliphatic hydroxyl groups is 1. The van der Waals surface area contributed by atoms with Crippen LogP contribution in [-0.4, -0.2) is 48.3 Å². The van der Waals surface area contributed by atoms with Crippen molar-refractivity contribution in [3.8, 4) is 0 Å². The first-order valence-electron chi connectivity index (χ1n) is 7.56. The monoisotopic (exact) mass is 293 g/mol. The van der Waals surface area contributed by atoms with Crippen LogP contribution in [-0.2, 0) is 0 Å². The lowest BCUT2D eigenvalue weighted by molar-refractivity contribution is 0.200. The minimum Gasteiger partial charge on any atom is -0.394 e. The molecule has 0 radical (unpaired) electrons. The van der Waals surface area contributed by atoms with Crippen LogP contribution in [0.4, 0.5) is 4.79 Å². The van der Waals surface area contributed by atoms with Crippen LogP contribution in [0.1, 0.15) is 32.4 Å². The summed E-state index contributed by atoms with van der Waals surface area (Å²) in [5, 5.41) is 14.5. The lowest BCUT2D eigenvalue weighted by Gasteiger charge is -2.30. The first-order valence-corrected chi connectivity index (χ1v) is 7.56. The van der Waals surface area contributed by atoms with Crippen molar-refractivity contribution < 1.29 is 9.90 Å². The van der Waals surface area contributed by atoms with E-state index in [0.29, 0.717) is 6.54 Å². The molecule has 0 saturated carbocycles. The fourth-order valence-corrected chi connectivity index (χ4v) is 2.31. The molecule has 5 heteroatoms. The van der Waals surface area contributed by atoms with Gasteiger partial charge < -0.3 is 15.7 Å². The van der Waals surface area contributed by atoms with Crippen LogP contribution in [0.5, 0.6) is 0 Å². The van der Waals surface area contributed by atoms with E-state index in [1.165, 1.54) is 5.56 Å². The normalized spacial score (nSPS) is 13.8. The Morgan fingerprint density at radius 1 is 1.24 bits per heavy atom. The minimum absolute atomic E-state index is 0.0639. The van der Waals surface area contributed by atoms with E-state index in [1.54, 1.807) is 6.92 Å². The molecular weight excluding hydrogens is 266 g/mol. The molecule has 0 aromatic heterocycles. The quantitative estimate of drug-likeness (QED) is 0.684. The van der Waals surface area contributed by atoms with Gasteiger partial charge in [-0.3, -0.25) is 4.90 Å². The third-order valence-corrected chi connectivity index (χ3v) is 3.54. The highest BCUT2D eigenvalue weighted by Gasteiger charge is 2.18. The predicted molar refractivity (Wildman–Crippen MR) is 85.2 cm³/mol. The topological polar surface area (TPSA) is 64.6 Å². The van der Waals surface area contributed by atoms with Gasteiger partial charge in [0.1, 0.15) is 0 Å². The fraction of sp³-hybridized carbons (Fsp3) is 0.562. The zero-order valence-electron chi connectivity index (χ0n) is 13.2. The molecule has 0 aliphatic heterocycles. The van der Waals surface area contributed by atoms with Gasteiger partial charge in [0, 0.05) is 6.54 Å². The Bertz CT molecular complexity index is 407. The molecule has 0 spiro atoms. The lowest BCUT2D eigenvalue weighted by atomic mass is 10.1. The van der Waals surface area contributed by atoms with E-state index in [1.807, 2.05) is 18.2 Å². The summed E-state index contributed by atoms with van der Waals surface area (Å²) in [5.41, 5.74) is 1.19. The number of aliphatic hydroxyl groups excluding tert-OH is 1. The van der Waals surface area contributed by atoms with E-state index in [0.717, 1.165) is 13.1 Å². The van der Waals surface area contributed by atoms with Crippen molar-refractivity contribution in [2.45, 2.75) is 32.9 Å². The van der Waals surface area contributed by atoms with E-state index in [-0.39, 0.29) is 24.7 Å². The number of hydrogen-bond acceptors (Lipinski definition) is 3. The third-order valence-electron chi connectivity index (χ3n) is 3.54. The van der Waals surface area contributed by atoms with Gasteiger partial charge in [-0.2, -0.15) is 0 Å². The van der Waals surface area contributed by atoms with Crippen LogP contribution in [0.2, 0.25) is 0 Å². The summed E-state index contributed by atoms with van der Waals surface area (Å²) < 4.78 is 0. The molecule has 5 nitrogen and oxygen atoms in total. The molecule has 0 saturated heterocycles. The number of hydrogen-bond donors (Lipinski definition) is 3. The van der Waals surface area contributed by atoms with Crippen LogP contribution in [0.3, 0.4) is 0 Å². The number of benzene rings is 1. The molecular formula is C16H27N3O2. The number of rotatable bonds is 8. The maximum Gasteiger partial charge on any atom is 0.315 e. The van der Waals surface area contributed by atoms with Gasteiger partial charge in [-0.15, -0.1) is 0 Å². The van der Waals surface area contributed by atoms with Crippen molar-refractivity contribution in [3.63, 3.8) is 0 Å². The molecule has 2 amide bonds. The summed E-state index contributed by atoms with van der Waals surface area (Å²) in [4.78, 5) is 14.1. The number of nitrogens with zero attached hydrogens (tertiary/aromatic N) is 1. The van der Waals surface area contributed by atoms with Crippen molar-refractivity contribution in [3.05, 3.63) is 35.9 Å². The zero-order valence-corrected chi connectivity index (χ0v) is 13.2. The average molecular weight is 293 g/mol. The van der Waals surface area contributed by atoms with E-state index in [4.69, 9.17) is 5.11 Å². The van der Waals surface area contributed by atoms with Crippen molar-refractivity contribution >= 4 is 6.03 Å². The Morgan fingerprint density at radius 2 is 1.86 bits per heavy atom. The average Bonchev–Trinajstić information content (AvgIpc) is 2.52. The predicted octanol–water partition coefficient (Wildman–Crippen LogP) is 1.75. The molecule has 0 aliphatic rings. The Labute approximate surface area is 127 Å². The molecule has 0 fully saturated rings. The fourth-order valence-electron chi connectivity index (χ4n) is 2.31. The Balaban J connectivity index is 2.68. The molecule has 3 N–H and O–H groups in total. The second-order valence-electron chi connectivity index (χ2n) is 5.09. The number of carbonyl (C=O) groups excluding carboxylic acids is 1. The molecule has 1 aromatic carbocycles. The Morgan fingerprint density at radius 3 is 2.38 bits per heavy atom. The number of likely N-dealkylation sites (N-methyl/N-ethyl adjacent to an activating group) is 1. The number of nitrogens with one attached hydrogen (secondary N) is 2. The van der Waals surface area contributed by atoms with Gasteiger partial charge in [-0.1, -0.05) is 44.2 Å². The van der Waals surface area contributed by atoms with Crippen LogP contribution in [0.25, 0.3) is 0 Å². The highest BCUT2D eigenvalue weighted by atomic mass is 16.3. The van der Waals surface area contributed by atoms with Crippen LogP contribution in [0, 0.1) is 0 Å². The van der Waals surface area contributed by atoms with E-state index < -0.39 is 0 Å². The highest BCUT2D eigenvalue weighted by Crippen LogP contribution is 2.19. The summed E-state index contributed by atoms with van der Waals surface area (Å²) in [7, 11) is 0. The van der Waals surface area contributed by atoms with Gasteiger partial charge >= 0.3 is 6.03 Å². The molecule has 118 valence electrons. The molecule has 21 heavy (non-hydrogen) atoms.